The van der Waals surface area contributed by atoms with Crippen molar-refractivity contribution in [3.05, 3.63) is 29.0 Å². The molecule has 1 fully saturated rings. The van der Waals surface area contributed by atoms with Gasteiger partial charge < -0.3 is 0 Å². The lowest BCUT2D eigenvalue weighted by atomic mass is 9.98. The molecule has 2 atom stereocenters. The number of aromatic nitrogens is 1. The predicted molar refractivity (Wildman–Crippen MR) is 65.6 cm³/mol. The second kappa shape index (κ2) is 4.92. The molecule has 0 spiro atoms. The summed E-state index contributed by atoms with van der Waals surface area (Å²) in [4.78, 5) is 4.02. The lowest BCUT2D eigenvalue weighted by molar-refractivity contribution is 0.200. The summed E-state index contributed by atoms with van der Waals surface area (Å²) in [5.74, 6) is 0.0921. The minimum atomic E-state index is -3.40. The summed E-state index contributed by atoms with van der Waals surface area (Å²) in [6.45, 7) is 0. The molecule has 1 aliphatic carbocycles. The van der Waals surface area contributed by atoms with Crippen molar-refractivity contribution >= 4 is 21.7 Å². The van der Waals surface area contributed by atoms with Crippen molar-refractivity contribution in [1.82, 2.24) is 4.98 Å². The Morgan fingerprint density at radius 2 is 2.18 bits per heavy atom. The molecular weight excluding hydrogens is 262 g/mol. The molecule has 0 aromatic carbocycles. The van der Waals surface area contributed by atoms with Crippen molar-refractivity contribution in [2.45, 2.75) is 31.3 Å². The number of nitrogens with zero attached hydrogens (tertiary/aromatic N) is 1. The first kappa shape index (κ1) is 12.8. The van der Waals surface area contributed by atoms with Crippen LogP contribution < -0.4 is 0 Å². The third-order valence-corrected chi connectivity index (χ3v) is 3.75. The lowest BCUT2D eigenvalue weighted by Crippen LogP contribution is -2.20. The number of rotatable bonds is 3. The van der Waals surface area contributed by atoms with Crippen LogP contribution in [-0.2, 0) is 14.3 Å². The summed E-state index contributed by atoms with van der Waals surface area (Å²) in [5, 5.41) is 0.437. The average molecular weight is 276 g/mol. The summed E-state index contributed by atoms with van der Waals surface area (Å²) < 4.78 is 27.4. The maximum absolute atomic E-state index is 11.2. The van der Waals surface area contributed by atoms with Crippen LogP contribution in [0.5, 0.6) is 0 Å². The first-order chi connectivity index (χ1) is 7.96. The summed E-state index contributed by atoms with van der Waals surface area (Å²) in [7, 11) is -3.40. The van der Waals surface area contributed by atoms with E-state index in [1.807, 2.05) is 6.07 Å². The van der Waals surface area contributed by atoms with Crippen LogP contribution in [0.4, 0.5) is 0 Å². The standard InChI is InChI=1S/C11H14ClNO3S/c1-17(14,15)16-10-4-2-3-9(10)8-5-6-11(12)13-7-8/h5-7,9-10H,2-4H2,1H3/t9-,10+/m0/s1. The van der Waals surface area contributed by atoms with Gasteiger partial charge in [-0.25, -0.2) is 4.98 Å². The van der Waals surface area contributed by atoms with Gasteiger partial charge in [0, 0.05) is 12.1 Å². The fraction of sp³-hybridized carbons (Fsp3) is 0.545. The third kappa shape index (κ3) is 3.40. The highest BCUT2D eigenvalue weighted by Gasteiger charge is 2.32. The Kier molecular flexibility index (Phi) is 3.70. The Balaban J connectivity index is 2.17. The second-order valence-corrected chi connectivity index (χ2v) is 6.28. The Labute approximate surface area is 106 Å². The maximum atomic E-state index is 11.2. The molecule has 0 saturated heterocycles. The molecule has 6 heteroatoms. The van der Waals surface area contributed by atoms with Gasteiger partial charge >= 0.3 is 0 Å². The molecule has 0 radical (unpaired) electrons. The number of hydrogen-bond donors (Lipinski definition) is 0. The molecule has 0 bridgehead atoms. The van der Waals surface area contributed by atoms with Crippen molar-refractivity contribution in [1.29, 1.82) is 0 Å². The van der Waals surface area contributed by atoms with Gasteiger partial charge in [-0.3, -0.25) is 4.18 Å². The molecular formula is C11H14ClNO3S. The van der Waals surface area contributed by atoms with Gasteiger partial charge in [0.1, 0.15) is 5.15 Å². The molecule has 1 aromatic heterocycles. The van der Waals surface area contributed by atoms with Crippen LogP contribution in [0.25, 0.3) is 0 Å². The van der Waals surface area contributed by atoms with Gasteiger partial charge in [-0.2, -0.15) is 8.42 Å². The average Bonchev–Trinajstić information content (AvgIpc) is 2.64. The molecule has 0 amide bonds. The molecule has 0 N–H and O–H groups in total. The second-order valence-electron chi connectivity index (χ2n) is 4.29. The molecule has 0 unspecified atom stereocenters. The van der Waals surface area contributed by atoms with E-state index in [0.717, 1.165) is 31.1 Å². The Bertz CT molecular complexity index is 486. The van der Waals surface area contributed by atoms with Crippen LogP contribution in [0.15, 0.2) is 18.3 Å². The molecule has 1 aliphatic rings. The van der Waals surface area contributed by atoms with E-state index in [-0.39, 0.29) is 12.0 Å². The maximum Gasteiger partial charge on any atom is 0.264 e. The summed E-state index contributed by atoms with van der Waals surface area (Å²) >= 11 is 5.72. The van der Waals surface area contributed by atoms with Crippen molar-refractivity contribution in [3.8, 4) is 0 Å². The van der Waals surface area contributed by atoms with E-state index in [0.29, 0.717) is 5.15 Å². The lowest BCUT2D eigenvalue weighted by Gasteiger charge is -2.18. The molecule has 4 nitrogen and oxygen atoms in total. The zero-order valence-electron chi connectivity index (χ0n) is 9.47. The Hall–Kier alpha value is -0.650. The van der Waals surface area contributed by atoms with Crippen molar-refractivity contribution < 1.29 is 12.6 Å². The summed E-state index contributed by atoms with van der Waals surface area (Å²) in [5.41, 5.74) is 0.987. The highest BCUT2D eigenvalue weighted by atomic mass is 35.5. The quantitative estimate of drug-likeness (QED) is 0.628. The molecule has 94 valence electrons. The van der Waals surface area contributed by atoms with Gasteiger partial charge in [0.25, 0.3) is 10.1 Å². The first-order valence-electron chi connectivity index (χ1n) is 5.45. The molecule has 1 heterocycles. The van der Waals surface area contributed by atoms with Crippen LogP contribution in [0, 0.1) is 0 Å². The van der Waals surface area contributed by atoms with Gasteiger partial charge in [0.15, 0.2) is 0 Å². The minimum absolute atomic E-state index is 0.0921. The molecule has 1 saturated carbocycles. The highest BCUT2D eigenvalue weighted by Crippen LogP contribution is 2.37. The van der Waals surface area contributed by atoms with Crippen LogP contribution in [0.3, 0.4) is 0 Å². The van der Waals surface area contributed by atoms with Crippen LogP contribution in [-0.4, -0.2) is 25.8 Å². The van der Waals surface area contributed by atoms with Crippen molar-refractivity contribution in [3.63, 3.8) is 0 Å². The molecule has 17 heavy (non-hydrogen) atoms. The van der Waals surface area contributed by atoms with Crippen LogP contribution >= 0.6 is 11.6 Å². The van der Waals surface area contributed by atoms with E-state index in [4.69, 9.17) is 15.8 Å². The fourth-order valence-electron chi connectivity index (χ4n) is 2.25. The molecule has 1 aromatic rings. The van der Waals surface area contributed by atoms with E-state index in [9.17, 15) is 8.42 Å². The van der Waals surface area contributed by atoms with Gasteiger partial charge in [0.2, 0.25) is 0 Å². The van der Waals surface area contributed by atoms with Crippen molar-refractivity contribution in [2.75, 3.05) is 6.26 Å². The van der Waals surface area contributed by atoms with Gasteiger partial charge in [0.05, 0.1) is 12.4 Å². The zero-order valence-corrected chi connectivity index (χ0v) is 11.0. The molecule has 0 aliphatic heterocycles. The number of pyridine rings is 1. The number of hydrogen-bond acceptors (Lipinski definition) is 4. The monoisotopic (exact) mass is 275 g/mol. The predicted octanol–water partition coefficient (Wildman–Crippen LogP) is 2.35. The smallest absolute Gasteiger partial charge is 0.264 e. The largest absolute Gasteiger partial charge is 0.266 e. The first-order valence-corrected chi connectivity index (χ1v) is 7.65. The zero-order chi connectivity index (χ0) is 12.5. The van der Waals surface area contributed by atoms with E-state index in [1.165, 1.54) is 0 Å². The topological polar surface area (TPSA) is 56.3 Å². The number of halogens is 1. The normalized spacial score (nSPS) is 25.1. The van der Waals surface area contributed by atoms with E-state index < -0.39 is 10.1 Å². The van der Waals surface area contributed by atoms with Gasteiger partial charge in [-0.15, -0.1) is 0 Å². The Morgan fingerprint density at radius 3 is 2.76 bits per heavy atom. The van der Waals surface area contributed by atoms with Gasteiger partial charge in [-0.1, -0.05) is 24.1 Å². The van der Waals surface area contributed by atoms with Crippen LogP contribution in [0.1, 0.15) is 30.7 Å². The Morgan fingerprint density at radius 1 is 1.41 bits per heavy atom. The SMILES string of the molecule is CS(=O)(=O)O[C@@H]1CCC[C@H]1c1ccc(Cl)nc1. The van der Waals surface area contributed by atoms with E-state index in [1.54, 1.807) is 12.3 Å². The third-order valence-electron chi connectivity index (χ3n) is 2.93. The van der Waals surface area contributed by atoms with Gasteiger partial charge in [-0.05, 0) is 24.5 Å². The highest BCUT2D eigenvalue weighted by molar-refractivity contribution is 7.86. The van der Waals surface area contributed by atoms with E-state index >= 15 is 0 Å². The van der Waals surface area contributed by atoms with E-state index in [2.05, 4.69) is 4.98 Å². The van der Waals surface area contributed by atoms with Crippen LogP contribution in [0.2, 0.25) is 5.15 Å². The fourth-order valence-corrected chi connectivity index (χ4v) is 3.04. The minimum Gasteiger partial charge on any atom is -0.266 e. The van der Waals surface area contributed by atoms with Crippen molar-refractivity contribution in [2.24, 2.45) is 0 Å². The molecule has 2 rings (SSSR count). The summed E-state index contributed by atoms with van der Waals surface area (Å²) in [6.07, 6.45) is 5.16. The summed E-state index contributed by atoms with van der Waals surface area (Å²) in [6, 6.07) is 3.59.